The Labute approximate surface area is 124 Å². The normalized spacial score (nSPS) is 20.2. The summed E-state index contributed by atoms with van der Waals surface area (Å²) < 4.78 is 1.94. The minimum atomic E-state index is 0.312. The fourth-order valence-corrected chi connectivity index (χ4v) is 3.01. The molecular formula is C15H19ClN4. The van der Waals surface area contributed by atoms with Crippen LogP contribution in [0.1, 0.15) is 17.3 Å². The van der Waals surface area contributed by atoms with Crippen LogP contribution in [0.5, 0.6) is 0 Å². The van der Waals surface area contributed by atoms with Gasteiger partial charge in [-0.05, 0) is 17.7 Å². The summed E-state index contributed by atoms with van der Waals surface area (Å²) in [5.74, 6) is 0. The Morgan fingerprint density at radius 1 is 1.35 bits per heavy atom. The van der Waals surface area contributed by atoms with Crippen molar-refractivity contribution in [3.63, 3.8) is 0 Å². The average molecular weight is 291 g/mol. The fraction of sp³-hybridized carbons (Fsp3) is 0.400. The van der Waals surface area contributed by atoms with Crippen LogP contribution >= 0.6 is 11.6 Å². The van der Waals surface area contributed by atoms with Crippen LogP contribution in [0.2, 0.25) is 5.02 Å². The lowest BCUT2D eigenvalue weighted by Gasteiger charge is -2.36. The molecule has 1 fully saturated rings. The zero-order valence-electron chi connectivity index (χ0n) is 11.6. The molecule has 1 unspecified atom stereocenters. The Morgan fingerprint density at radius 2 is 2.20 bits per heavy atom. The monoisotopic (exact) mass is 290 g/mol. The summed E-state index contributed by atoms with van der Waals surface area (Å²) in [6, 6.07) is 10.5. The smallest absolute Gasteiger partial charge is 0.0521 e. The van der Waals surface area contributed by atoms with E-state index in [1.165, 1.54) is 11.3 Å². The van der Waals surface area contributed by atoms with Gasteiger partial charge in [0.15, 0.2) is 0 Å². The van der Waals surface area contributed by atoms with Gasteiger partial charge in [0.2, 0.25) is 0 Å². The first kappa shape index (κ1) is 13.6. The van der Waals surface area contributed by atoms with E-state index in [0.717, 1.165) is 31.2 Å². The zero-order valence-corrected chi connectivity index (χ0v) is 12.3. The number of benzene rings is 1. The quantitative estimate of drug-likeness (QED) is 0.941. The van der Waals surface area contributed by atoms with Gasteiger partial charge in [0.25, 0.3) is 0 Å². The Balaban J connectivity index is 1.84. The van der Waals surface area contributed by atoms with Crippen molar-refractivity contribution >= 4 is 11.6 Å². The Morgan fingerprint density at radius 3 is 2.95 bits per heavy atom. The van der Waals surface area contributed by atoms with Gasteiger partial charge < -0.3 is 5.32 Å². The van der Waals surface area contributed by atoms with Gasteiger partial charge >= 0.3 is 0 Å². The highest BCUT2D eigenvalue weighted by Crippen LogP contribution is 2.29. The van der Waals surface area contributed by atoms with Gasteiger partial charge in [-0.25, -0.2) is 0 Å². The molecule has 2 heterocycles. The van der Waals surface area contributed by atoms with E-state index in [1.807, 2.05) is 30.1 Å². The summed E-state index contributed by atoms with van der Waals surface area (Å²) in [5, 5.41) is 8.55. The molecule has 3 rings (SSSR count). The molecule has 0 spiro atoms. The van der Waals surface area contributed by atoms with E-state index in [1.54, 1.807) is 0 Å². The molecule has 1 aliphatic rings. The molecule has 106 valence electrons. The molecule has 0 radical (unpaired) electrons. The predicted molar refractivity (Wildman–Crippen MR) is 80.7 cm³/mol. The lowest BCUT2D eigenvalue weighted by molar-refractivity contribution is 0.150. The molecule has 0 amide bonds. The van der Waals surface area contributed by atoms with Crippen LogP contribution in [-0.2, 0) is 13.6 Å². The minimum Gasteiger partial charge on any atom is -0.314 e. The van der Waals surface area contributed by atoms with Gasteiger partial charge in [-0.2, -0.15) is 5.10 Å². The maximum atomic E-state index is 6.36. The van der Waals surface area contributed by atoms with Gasteiger partial charge in [0.1, 0.15) is 0 Å². The number of hydrogen-bond acceptors (Lipinski definition) is 3. The third-order valence-electron chi connectivity index (χ3n) is 3.91. The lowest BCUT2D eigenvalue weighted by Crippen LogP contribution is -2.45. The molecule has 0 saturated carbocycles. The van der Waals surface area contributed by atoms with Crippen LogP contribution in [0.25, 0.3) is 0 Å². The van der Waals surface area contributed by atoms with Crippen molar-refractivity contribution in [3.05, 3.63) is 52.8 Å². The van der Waals surface area contributed by atoms with E-state index in [2.05, 4.69) is 33.5 Å². The highest BCUT2D eigenvalue weighted by molar-refractivity contribution is 6.31. The second kappa shape index (κ2) is 5.95. The van der Waals surface area contributed by atoms with Crippen molar-refractivity contribution in [2.45, 2.75) is 12.6 Å². The highest BCUT2D eigenvalue weighted by atomic mass is 35.5. The number of nitrogens with one attached hydrogen (secondary N) is 1. The van der Waals surface area contributed by atoms with Crippen molar-refractivity contribution in [2.75, 3.05) is 19.6 Å². The van der Waals surface area contributed by atoms with Gasteiger partial charge in [-0.15, -0.1) is 0 Å². The van der Waals surface area contributed by atoms with Gasteiger partial charge in [0.05, 0.1) is 5.69 Å². The van der Waals surface area contributed by atoms with Gasteiger partial charge in [0, 0.05) is 50.5 Å². The lowest BCUT2D eigenvalue weighted by atomic mass is 10.0. The Hall–Kier alpha value is -1.36. The first-order valence-corrected chi connectivity index (χ1v) is 7.29. The molecule has 1 N–H and O–H groups in total. The van der Waals surface area contributed by atoms with Crippen LogP contribution in [0.15, 0.2) is 36.5 Å². The van der Waals surface area contributed by atoms with Crippen LogP contribution in [0, 0.1) is 0 Å². The first-order valence-electron chi connectivity index (χ1n) is 6.92. The van der Waals surface area contributed by atoms with E-state index in [4.69, 9.17) is 11.6 Å². The number of rotatable bonds is 3. The third kappa shape index (κ3) is 2.73. The SMILES string of the molecule is Cn1nccc1CN1CCNCC1c1ccccc1Cl. The van der Waals surface area contributed by atoms with Gasteiger partial charge in [-0.1, -0.05) is 29.8 Å². The zero-order chi connectivity index (χ0) is 13.9. The van der Waals surface area contributed by atoms with E-state index in [9.17, 15) is 0 Å². The number of nitrogens with zero attached hydrogens (tertiary/aromatic N) is 3. The first-order chi connectivity index (χ1) is 9.75. The number of piperazine rings is 1. The Kier molecular flexibility index (Phi) is 4.05. The van der Waals surface area contributed by atoms with Crippen LogP contribution < -0.4 is 5.32 Å². The van der Waals surface area contributed by atoms with E-state index in [-0.39, 0.29) is 0 Å². The standard InChI is InChI=1S/C15H19ClN4/c1-19-12(6-7-18-19)11-20-9-8-17-10-15(20)13-4-2-3-5-14(13)16/h2-7,15,17H,8-11H2,1H3. The molecule has 1 aromatic carbocycles. The molecule has 0 bridgehead atoms. The molecule has 2 aromatic rings. The summed E-state index contributed by atoms with van der Waals surface area (Å²) in [6.45, 7) is 3.86. The van der Waals surface area contributed by atoms with Crippen LogP contribution in [0.4, 0.5) is 0 Å². The van der Waals surface area contributed by atoms with Gasteiger partial charge in [-0.3, -0.25) is 9.58 Å². The number of aromatic nitrogens is 2. The van der Waals surface area contributed by atoms with Crippen LogP contribution in [0.3, 0.4) is 0 Å². The van der Waals surface area contributed by atoms with Crippen molar-refractivity contribution in [3.8, 4) is 0 Å². The summed E-state index contributed by atoms with van der Waals surface area (Å²) in [4.78, 5) is 2.47. The van der Waals surface area contributed by atoms with Crippen molar-refractivity contribution in [2.24, 2.45) is 7.05 Å². The second-order valence-corrected chi connectivity index (χ2v) is 5.57. The molecule has 0 aliphatic carbocycles. The molecule has 4 nitrogen and oxygen atoms in total. The Bertz CT molecular complexity index is 581. The summed E-state index contributed by atoms with van der Waals surface area (Å²) in [5.41, 5.74) is 2.42. The van der Waals surface area contributed by atoms with E-state index in [0.29, 0.717) is 6.04 Å². The summed E-state index contributed by atoms with van der Waals surface area (Å²) in [7, 11) is 1.99. The molecule has 20 heavy (non-hydrogen) atoms. The number of aryl methyl sites for hydroxylation is 1. The topological polar surface area (TPSA) is 33.1 Å². The molecule has 1 aromatic heterocycles. The fourth-order valence-electron chi connectivity index (χ4n) is 2.75. The third-order valence-corrected chi connectivity index (χ3v) is 4.25. The molecule has 1 atom stereocenters. The maximum absolute atomic E-state index is 6.36. The molecule has 1 saturated heterocycles. The minimum absolute atomic E-state index is 0.312. The largest absolute Gasteiger partial charge is 0.314 e. The highest BCUT2D eigenvalue weighted by Gasteiger charge is 2.25. The average Bonchev–Trinajstić information content (AvgIpc) is 2.86. The molecular weight excluding hydrogens is 272 g/mol. The van der Waals surface area contributed by atoms with Crippen molar-refractivity contribution in [1.29, 1.82) is 0 Å². The van der Waals surface area contributed by atoms with E-state index >= 15 is 0 Å². The summed E-state index contributed by atoms with van der Waals surface area (Å²) in [6.07, 6.45) is 1.85. The predicted octanol–water partition coefficient (Wildman–Crippen LogP) is 2.22. The van der Waals surface area contributed by atoms with Crippen molar-refractivity contribution in [1.82, 2.24) is 20.0 Å². The van der Waals surface area contributed by atoms with Crippen LogP contribution in [-0.4, -0.2) is 34.3 Å². The van der Waals surface area contributed by atoms with E-state index < -0.39 is 0 Å². The number of hydrogen-bond donors (Lipinski definition) is 1. The summed E-state index contributed by atoms with van der Waals surface area (Å²) >= 11 is 6.36. The maximum Gasteiger partial charge on any atom is 0.0521 e. The van der Waals surface area contributed by atoms with Crippen molar-refractivity contribution < 1.29 is 0 Å². The molecule has 1 aliphatic heterocycles. The second-order valence-electron chi connectivity index (χ2n) is 5.16. The molecule has 5 heteroatoms. The number of halogens is 1.